The highest BCUT2D eigenvalue weighted by Gasteiger charge is 2.38. The second-order valence-corrected chi connectivity index (χ2v) is 6.40. The van der Waals surface area contributed by atoms with Gasteiger partial charge in [-0.25, -0.2) is 0 Å². The number of anilines is 1. The summed E-state index contributed by atoms with van der Waals surface area (Å²) in [6, 6.07) is 5.32. The molecule has 23 heavy (non-hydrogen) atoms. The molecule has 0 radical (unpaired) electrons. The molecule has 2 aliphatic carbocycles. The van der Waals surface area contributed by atoms with E-state index >= 15 is 0 Å². The number of phenols is 1. The van der Waals surface area contributed by atoms with Gasteiger partial charge in [0.05, 0.1) is 0 Å². The fraction of sp³-hybridized carbons (Fsp3) is 0.368. The maximum atomic E-state index is 10.4. The molecule has 2 fully saturated rings. The van der Waals surface area contributed by atoms with Crippen molar-refractivity contribution in [1.29, 1.82) is 0 Å². The molecular formula is C19H19N3O. The highest BCUT2D eigenvalue weighted by atomic mass is 16.3. The first-order valence-electron chi connectivity index (χ1n) is 8.11. The average Bonchev–Trinajstić information content (AvgIpc) is 3.46. The van der Waals surface area contributed by atoms with Crippen molar-refractivity contribution in [2.75, 3.05) is 12.4 Å². The van der Waals surface area contributed by atoms with Crippen LogP contribution in [0.5, 0.6) is 5.75 Å². The Balaban J connectivity index is 1.92. The SMILES string of the molecule is C#Cc1ccc(-c2nnc(NC)c(C3CC3)c2C2CC2)c(O)c1. The van der Waals surface area contributed by atoms with Gasteiger partial charge in [-0.3, -0.25) is 0 Å². The minimum atomic E-state index is 0.176. The lowest BCUT2D eigenvalue weighted by Crippen LogP contribution is -2.07. The van der Waals surface area contributed by atoms with Gasteiger partial charge >= 0.3 is 0 Å². The normalized spacial score (nSPS) is 16.9. The quantitative estimate of drug-likeness (QED) is 0.847. The lowest BCUT2D eigenvalue weighted by atomic mass is 9.94. The second kappa shape index (κ2) is 5.27. The largest absolute Gasteiger partial charge is 0.507 e. The first kappa shape index (κ1) is 14.1. The summed E-state index contributed by atoms with van der Waals surface area (Å²) in [5.41, 5.74) is 4.79. The molecule has 0 atom stereocenters. The van der Waals surface area contributed by atoms with Gasteiger partial charge in [0.25, 0.3) is 0 Å². The van der Waals surface area contributed by atoms with Gasteiger partial charge in [-0.1, -0.05) is 5.92 Å². The summed E-state index contributed by atoms with van der Waals surface area (Å²) in [6.45, 7) is 0. The minimum absolute atomic E-state index is 0.176. The van der Waals surface area contributed by atoms with E-state index in [9.17, 15) is 5.11 Å². The monoisotopic (exact) mass is 305 g/mol. The van der Waals surface area contributed by atoms with Crippen LogP contribution in [0.4, 0.5) is 5.82 Å². The number of phenolic OH excluding ortho intramolecular Hbond substituents is 1. The third-order valence-corrected chi connectivity index (χ3v) is 4.68. The average molecular weight is 305 g/mol. The zero-order valence-corrected chi connectivity index (χ0v) is 13.1. The number of rotatable bonds is 4. The van der Waals surface area contributed by atoms with E-state index in [1.165, 1.54) is 36.8 Å². The topological polar surface area (TPSA) is 58.0 Å². The van der Waals surface area contributed by atoms with E-state index in [-0.39, 0.29) is 5.75 Å². The Morgan fingerprint density at radius 1 is 1.13 bits per heavy atom. The summed E-state index contributed by atoms with van der Waals surface area (Å²) in [6.07, 6.45) is 10.2. The molecule has 1 aromatic carbocycles. The van der Waals surface area contributed by atoms with Crippen LogP contribution >= 0.6 is 0 Å². The molecule has 0 unspecified atom stereocenters. The fourth-order valence-corrected chi connectivity index (χ4v) is 3.24. The molecule has 0 saturated heterocycles. The summed E-state index contributed by atoms with van der Waals surface area (Å²) < 4.78 is 0. The van der Waals surface area contributed by atoms with Crippen molar-refractivity contribution in [3.05, 3.63) is 34.9 Å². The maximum absolute atomic E-state index is 10.4. The van der Waals surface area contributed by atoms with E-state index < -0.39 is 0 Å². The number of hydrogen-bond donors (Lipinski definition) is 2. The van der Waals surface area contributed by atoms with Crippen molar-refractivity contribution in [2.24, 2.45) is 0 Å². The van der Waals surface area contributed by atoms with Crippen molar-refractivity contribution in [2.45, 2.75) is 37.5 Å². The van der Waals surface area contributed by atoms with Gasteiger partial charge < -0.3 is 10.4 Å². The number of terminal acetylenes is 1. The molecule has 2 N–H and O–H groups in total. The first-order valence-corrected chi connectivity index (χ1v) is 8.11. The van der Waals surface area contributed by atoms with Gasteiger partial charge in [0.15, 0.2) is 5.82 Å². The summed E-state index contributed by atoms with van der Waals surface area (Å²) in [5, 5.41) is 22.4. The predicted octanol–water partition coefficient (Wildman–Crippen LogP) is 3.63. The lowest BCUT2D eigenvalue weighted by molar-refractivity contribution is 0.477. The standard InChI is InChI=1S/C19H19N3O/c1-3-11-4-9-14(15(23)10-11)18-16(12-5-6-12)17(13-7-8-13)19(20-2)22-21-18/h1,4,9-10,12-13,23H,5-8H2,2H3,(H,20,22). The van der Waals surface area contributed by atoms with E-state index in [4.69, 9.17) is 6.42 Å². The molecule has 2 aromatic rings. The van der Waals surface area contributed by atoms with Crippen LogP contribution in [0.3, 0.4) is 0 Å². The lowest BCUT2D eigenvalue weighted by Gasteiger charge is -2.17. The highest BCUT2D eigenvalue weighted by molar-refractivity contribution is 5.75. The second-order valence-electron chi connectivity index (χ2n) is 6.40. The first-order chi connectivity index (χ1) is 11.2. The number of nitrogens with zero attached hydrogens (tertiary/aromatic N) is 2. The van der Waals surface area contributed by atoms with Crippen LogP contribution in [0.25, 0.3) is 11.3 Å². The fourth-order valence-electron chi connectivity index (χ4n) is 3.24. The predicted molar refractivity (Wildman–Crippen MR) is 90.6 cm³/mol. The number of benzene rings is 1. The third kappa shape index (κ3) is 2.43. The molecule has 4 heteroatoms. The Labute approximate surface area is 136 Å². The number of aromatic nitrogens is 2. The van der Waals surface area contributed by atoms with Crippen LogP contribution < -0.4 is 5.32 Å². The van der Waals surface area contributed by atoms with Crippen molar-refractivity contribution >= 4 is 5.82 Å². The van der Waals surface area contributed by atoms with Crippen LogP contribution in [0.2, 0.25) is 0 Å². The van der Waals surface area contributed by atoms with Crippen molar-refractivity contribution in [3.8, 4) is 29.4 Å². The van der Waals surface area contributed by atoms with Crippen LogP contribution in [-0.2, 0) is 0 Å². The molecule has 0 aliphatic heterocycles. The van der Waals surface area contributed by atoms with Gasteiger partial charge in [-0.05, 0) is 61.3 Å². The highest BCUT2D eigenvalue weighted by Crippen LogP contribution is 2.54. The minimum Gasteiger partial charge on any atom is -0.507 e. The Morgan fingerprint density at radius 2 is 1.83 bits per heavy atom. The van der Waals surface area contributed by atoms with Gasteiger partial charge in [-0.2, -0.15) is 0 Å². The van der Waals surface area contributed by atoms with Gasteiger partial charge in [0, 0.05) is 23.7 Å². The molecule has 116 valence electrons. The molecule has 0 amide bonds. The Kier molecular flexibility index (Phi) is 3.23. The smallest absolute Gasteiger partial charge is 0.152 e. The van der Waals surface area contributed by atoms with E-state index in [2.05, 4.69) is 21.4 Å². The van der Waals surface area contributed by atoms with E-state index in [1.54, 1.807) is 6.07 Å². The molecule has 1 heterocycles. The van der Waals surface area contributed by atoms with Gasteiger partial charge in [0.1, 0.15) is 11.4 Å². The van der Waals surface area contributed by atoms with Crippen LogP contribution in [0, 0.1) is 12.3 Å². The maximum Gasteiger partial charge on any atom is 0.152 e. The van der Waals surface area contributed by atoms with Crippen molar-refractivity contribution in [3.63, 3.8) is 0 Å². The van der Waals surface area contributed by atoms with Crippen molar-refractivity contribution < 1.29 is 5.11 Å². The van der Waals surface area contributed by atoms with Crippen LogP contribution in [0.15, 0.2) is 18.2 Å². The Morgan fingerprint density at radius 3 is 2.39 bits per heavy atom. The van der Waals surface area contributed by atoms with Gasteiger partial charge in [0.2, 0.25) is 0 Å². The summed E-state index contributed by atoms with van der Waals surface area (Å²) in [4.78, 5) is 0. The Hall–Kier alpha value is -2.54. The molecule has 4 rings (SSSR count). The Bertz CT molecular complexity index is 814. The van der Waals surface area contributed by atoms with Crippen LogP contribution in [-0.4, -0.2) is 22.4 Å². The zero-order valence-electron chi connectivity index (χ0n) is 13.1. The van der Waals surface area contributed by atoms with E-state index in [1.807, 2.05) is 19.2 Å². The molecule has 0 spiro atoms. The number of nitrogens with one attached hydrogen (secondary N) is 1. The number of aromatic hydroxyl groups is 1. The summed E-state index contributed by atoms with van der Waals surface area (Å²) in [7, 11) is 1.89. The molecule has 2 saturated carbocycles. The molecule has 1 aromatic heterocycles. The van der Waals surface area contributed by atoms with E-state index in [0.29, 0.717) is 17.4 Å². The number of hydrogen-bond acceptors (Lipinski definition) is 4. The van der Waals surface area contributed by atoms with Crippen LogP contribution in [0.1, 0.15) is 54.2 Å². The molecule has 2 aliphatic rings. The molecular weight excluding hydrogens is 286 g/mol. The van der Waals surface area contributed by atoms with Crippen molar-refractivity contribution in [1.82, 2.24) is 10.2 Å². The van der Waals surface area contributed by atoms with E-state index in [0.717, 1.165) is 17.1 Å². The summed E-state index contributed by atoms with van der Waals surface area (Å²) >= 11 is 0. The molecule has 0 bridgehead atoms. The summed E-state index contributed by atoms with van der Waals surface area (Å²) in [5.74, 6) is 4.73. The zero-order chi connectivity index (χ0) is 16.0. The molecule has 4 nitrogen and oxygen atoms in total. The third-order valence-electron chi connectivity index (χ3n) is 4.68. The van der Waals surface area contributed by atoms with Gasteiger partial charge in [-0.15, -0.1) is 16.6 Å².